The van der Waals surface area contributed by atoms with E-state index in [2.05, 4.69) is 11.4 Å². The number of rotatable bonds is 3. The number of aryl methyl sites for hydroxylation is 1. The van der Waals surface area contributed by atoms with Crippen LogP contribution < -0.4 is 15.8 Å². The summed E-state index contributed by atoms with van der Waals surface area (Å²) in [4.78, 5) is 0. The number of ether oxygens (including phenoxy) is 2. The molecule has 1 aromatic rings. The fraction of sp³-hybridized carbons (Fsp3) is 0.538. The monoisotopic (exact) mass is 236 g/mol. The molecule has 17 heavy (non-hydrogen) atoms. The van der Waals surface area contributed by atoms with Crippen molar-refractivity contribution in [2.24, 2.45) is 5.73 Å². The molecule has 0 amide bonds. The number of morpholine rings is 1. The van der Waals surface area contributed by atoms with Crippen molar-refractivity contribution in [2.75, 3.05) is 26.8 Å². The van der Waals surface area contributed by atoms with Crippen LogP contribution in [-0.2, 0) is 4.74 Å². The topological polar surface area (TPSA) is 56.5 Å². The summed E-state index contributed by atoms with van der Waals surface area (Å²) in [5, 5.41) is 3.29. The molecule has 4 nitrogen and oxygen atoms in total. The maximum atomic E-state index is 6.22. The zero-order valence-corrected chi connectivity index (χ0v) is 10.4. The van der Waals surface area contributed by atoms with Gasteiger partial charge in [0.2, 0.25) is 0 Å². The zero-order valence-electron chi connectivity index (χ0n) is 10.4. The van der Waals surface area contributed by atoms with Gasteiger partial charge in [0.15, 0.2) is 0 Å². The molecule has 2 rings (SSSR count). The molecule has 0 bridgehead atoms. The van der Waals surface area contributed by atoms with Crippen LogP contribution in [0.2, 0.25) is 0 Å². The minimum absolute atomic E-state index is 0.0524. The van der Waals surface area contributed by atoms with Gasteiger partial charge in [0.1, 0.15) is 5.75 Å². The molecule has 1 aliphatic heterocycles. The third kappa shape index (κ3) is 2.77. The third-order valence-electron chi connectivity index (χ3n) is 3.16. The average molecular weight is 236 g/mol. The molecule has 0 aromatic heterocycles. The second-order valence-electron chi connectivity index (χ2n) is 4.37. The van der Waals surface area contributed by atoms with E-state index in [1.165, 1.54) is 0 Å². The predicted molar refractivity (Wildman–Crippen MR) is 67.3 cm³/mol. The van der Waals surface area contributed by atoms with Crippen LogP contribution in [0.3, 0.4) is 0 Å². The van der Waals surface area contributed by atoms with E-state index in [0.717, 1.165) is 36.6 Å². The summed E-state index contributed by atoms with van der Waals surface area (Å²) in [7, 11) is 1.68. The maximum Gasteiger partial charge on any atom is 0.121 e. The van der Waals surface area contributed by atoms with Crippen LogP contribution in [0.4, 0.5) is 0 Å². The van der Waals surface area contributed by atoms with Gasteiger partial charge < -0.3 is 20.5 Å². The van der Waals surface area contributed by atoms with Crippen molar-refractivity contribution in [1.29, 1.82) is 0 Å². The lowest BCUT2D eigenvalue weighted by Gasteiger charge is -2.29. The van der Waals surface area contributed by atoms with E-state index in [9.17, 15) is 0 Å². The first-order valence-corrected chi connectivity index (χ1v) is 5.95. The number of hydrogen-bond acceptors (Lipinski definition) is 4. The quantitative estimate of drug-likeness (QED) is 0.822. The number of hydrogen-bond donors (Lipinski definition) is 2. The highest BCUT2D eigenvalue weighted by Crippen LogP contribution is 2.24. The fourth-order valence-electron chi connectivity index (χ4n) is 2.14. The summed E-state index contributed by atoms with van der Waals surface area (Å²) < 4.78 is 10.9. The summed E-state index contributed by atoms with van der Waals surface area (Å²) in [6.45, 7) is 4.47. The van der Waals surface area contributed by atoms with Gasteiger partial charge in [-0.2, -0.15) is 0 Å². The largest absolute Gasteiger partial charge is 0.496 e. The first-order valence-electron chi connectivity index (χ1n) is 5.95. The van der Waals surface area contributed by atoms with Crippen molar-refractivity contribution >= 4 is 0 Å². The SMILES string of the molecule is COc1ccc(C(N)C2CNCCO2)cc1C. The molecular weight excluding hydrogens is 216 g/mol. The highest BCUT2D eigenvalue weighted by atomic mass is 16.5. The van der Waals surface area contributed by atoms with Crippen LogP contribution in [0.1, 0.15) is 17.2 Å². The van der Waals surface area contributed by atoms with Crippen LogP contribution in [0.15, 0.2) is 18.2 Å². The van der Waals surface area contributed by atoms with Crippen molar-refractivity contribution in [3.05, 3.63) is 29.3 Å². The Morgan fingerprint density at radius 3 is 2.94 bits per heavy atom. The average Bonchev–Trinajstić information content (AvgIpc) is 2.39. The van der Waals surface area contributed by atoms with E-state index in [0.29, 0.717) is 0 Å². The van der Waals surface area contributed by atoms with Gasteiger partial charge in [-0.3, -0.25) is 0 Å². The Kier molecular flexibility index (Phi) is 3.99. The van der Waals surface area contributed by atoms with Crippen molar-refractivity contribution < 1.29 is 9.47 Å². The van der Waals surface area contributed by atoms with E-state index in [-0.39, 0.29) is 12.1 Å². The molecule has 0 saturated carbocycles. The maximum absolute atomic E-state index is 6.22. The molecule has 94 valence electrons. The Bertz CT molecular complexity index is 376. The molecule has 1 saturated heterocycles. The van der Waals surface area contributed by atoms with Gasteiger partial charge in [0.05, 0.1) is 25.9 Å². The van der Waals surface area contributed by atoms with Gasteiger partial charge in [-0.05, 0) is 24.1 Å². The molecule has 4 heteroatoms. The molecular formula is C13H20N2O2. The lowest BCUT2D eigenvalue weighted by Crippen LogP contribution is -2.44. The second-order valence-corrected chi connectivity index (χ2v) is 4.37. The Morgan fingerprint density at radius 2 is 2.35 bits per heavy atom. The number of nitrogens with one attached hydrogen (secondary N) is 1. The van der Waals surface area contributed by atoms with Gasteiger partial charge in [-0.1, -0.05) is 12.1 Å². The van der Waals surface area contributed by atoms with E-state index in [1.54, 1.807) is 7.11 Å². The Labute approximate surface area is 102 Å². The molecule has 0 radical (unpaired) electrons. The number of methoxy groups -OCH3 is 1. The number of nitrogens with two attached hydrogens (primary N) is 1. The molecule has 2 unspecified atom stereocenters. The Hall–Kier alpha value is -1.10. The normalized spacial score (nSPS) is 22.2. The standard InChI is InChI=1S/C13H20N2O2/c1-9-7-10(3-4-11(9)16-2)13(14)12-8-15-5-6-17-12/h3-4,7,12-13,15H,5-6,8,14H2,1-2H3. The van der Waals surface area contributed by atoms with Crippen LogP contribution >= 0.6 is 0 Å². The van der Waals surface area contributed by atoms with Crippen LogP contribution in [-0.4, -0.2) is 32.9 Å². The minimum atomic E-state index is -0.0904. The minimum Gasteiger partial charge on any atom is -0.496 e. The second kappa shape index (κ2) is 5.49. The van der Waals surface area contributed by atoms with Crippen molar-refractivity contribution in [3.63, 3.8) is 0 Å². The van der Waals surface area contributed by atoms with Crippen molar-refractivity contribution in [3.8, 4) is 5.75 Å². The molecule has 1 fully saturated rings. The summed E-state index contributed by atoms with van der Waals surface area (Å²) in [5.74, 6) is 0.892. The highest BCUT2D eigenvalue weighted by Gasteiger charge is 2.22. The molecule has 1 aromatic carbocycles. The first-order chi connectivity index (χ1) is 8.22. The van der Waals surface area contributed by atoms with Gasteiger partial charge in [0, 0.05) is 13.1 Å². The smallest absolute Gasteiger partial charge is 0.121 e. The molecule has 1 aliphatic rings. The molecule has 2 atom stereocenters. The third-order valence-corrected chi connectivity index (χ3v) is 3.16. The van der Waals surface area contributed by atoms with Gasteiger partial charge in [-0.25, -0.2) is 0 Å². The van der Waals surface area contributed by atoms with E-state index < -0.39 is 0 Å². The Morgan fingerprint density at radius 1 is 1.53 bits per heavy atom. The number of benzene rings is 1. The fourth-order valence-corrected chi connectivity index (χ4v) is 2.14. The van der Waals surface area contributed by atoms with Gasteiger partial charge in [0.25, 0.3) is 0 Å². The van der Waals surface area contributed by atoms with Gasteiger partial charge in [-0.15, -0.1) is 0 Å². The summed E-state index contributed by atoms with van der Waals surface area (Å²) in [5.41, 5.74) is 8.42. The Balaban J connectivity index is 2.12. The zero-order chi connectivity index (χ0) is 12.3. The van der Waals surface area contributed by atoms with E-state index in [1.807, 2.05) is 19.1 Å². The molecule has 0 spiro atoms. The van der Waals surface area contributed by atoms with E-state index >= 15 is 0 Å². The van der Waals surface area contributed by atoms with E-state index in [4.69, 9.17) is 15.2 Å². The summed E-state index contributed by atoms with van der Waals surface area (Å²) in [6, 6.07) is 5.95. The first kappa shape index (κ1) is 12.4. The lowest BCUT2D eigenvalue weighted by molar-refractivity contribution is 0.0122. The lowest BCUT2D eigenvalue weighted by atomic mass is 9.99. The summed E-state index contributed by atoms with van der Waals surface area (Å²) >= 11 is 0. The van der Waals surface area contributed by atoms with Crippen molar-refractivity contribution in [2.45, 2.75) is 19.1 Å². The molecule has 3 N–H and O–H groups in total. The predicted octanol–water partition coefficient (Wildman–Crippen LogP) is 0.992. The van der Waals surface area contributed by atoms with Crippen LogP contribution in [0.25, 0.3) is 0 Å². The van der Waals surface area contributed by atoms with Crippen molar-refractivity contribution in [1.82, 2.24) is 5.32 Å². The highest BCUT2D eigenvalue weighted by molar-refractivity contribution is 5.37. The van der Waals surface area contributed by atoms with Gasteiger partial charge >= 0.3 is 0 Å². The summed E-state index contributed by atoms with van der Waals surface area (Å²) in [6.07, 6.45) is 0.0524. The van der Waals surface area contributed by atoms with Crippen LogP contribution in [0.5, 0.6) is 5.75 Å². The molecule has 0 aliphatic carbocycles. The molecule has 1 heterocycles. The van der Waals surface area contributed by atoms with Crippen LogP contribution in [0, 0.1) is 6.92 Å².